The fraction of sp³-hybridized carbons (Fsp3) is 0.400. The van der Waals surface area contributed by atoms with E-state index in [1.165, 1.54) is 12.0 Å². The topological polar surface area (TPSA) is 0 Å². The van der Waals surface area contributed by atoms with Gasteiger partial charge in [0.2, 0.25) is 0 Å². The fourth-order valence-electron chi connectivity index (χ4n) is 1.07. The minimum atomic E-state index is 0.845. The highest BCUT2D eigenvalue weighted by atomic mass is 31.1. The van der Waals surface area contributed by atoms with E-state index < -0.39 is 0 Å². The van der Waals surface area contributed by atoms with Crippen LogP contribution < -0.4 is 0 Å². The van der Waals surface area contributed by atoms with E-state index in [1.807, 2.05) is 0 Å². The molecule has 0 radical (unpaired) electrons. The van der Waals surface area contributed by atoms with Crippen molar-refractivity contribution in [2.24, 2.45) is 0 Å². The van der Waals surface area contributed by atoms with Gasteiger partial charge in [-0.15, -0.1) is 8.58 Å². The summed E-state index contributed by atoms with van der Waals surface area (Å²) in [5.74, 6) is 0. The average molecular weight is 166 g/mol. The Hall–Kier alpha value is -0.350. The van der Waals surface area contributed by atoms with Crippen molar-refractivity contribution in [3.8, 4) is 0 Å². The summed E-state index contributed by atoms with van der Waals surface area (Å²) in [7, 11) is 1.06. The molecule has 0 spiro atoms. The Bertz CT molecular complexity index is 193. The molecule has 1 aromatic carbocycles. The van der Waals surface area contributed by atoms with E-state index in [4.69, 9.17) is 0 Å². The van der Waals surface area contributed by atoms with Crippen LogP contribution in [0.1, 0.15) is 12.5 Å². The molecule has 1 aromatic rings. The monoisotopic (exact) mass is 166 g/mol. The van der Waals surface area contributed by atoms with Gasteiger partial charge in [-0.05, 0) is 24.3 Å². The zero-order valence-corrected chi connectivity index (χ0v) is 8.17. The summed E-state index contributed by atoms with van der Waals surface area (Å²) in [4.78, 5) is 0. The Morgan fingerprint density at radius 3 is 2.45 bits per heavy atom. The van der Waals surface area contributed by atoms with Crippen LogP contribution in [0.25, 0.3) is 0 Å². The summed E-state index contributed by atoms with van der Waals surface area (Å²) in [5, 5.41) is 0. The van der Waals surface area contributed by atoms with Crippen LogP contribution in [0.15, 0.2) is 30.3 Å². The number of benzene rings is 1. The highest BCUT2D eigenvalue weighted by Gasteiger charge is 1.98. The predicted octanol–water partition coefficient (Wildman–Crippen LogP) is 2.93. The Labute approximate surface area is 70.8 Å². The fourth-order valence-corrected chi connectivity index (χ4v) is 1.51. The minimum Gasteiger partial charge on any atom is -0.122 e. The maximum atomic E-state index is 2.31. The van der Waals surface area contributed by atoms with Crippen molar-refractivity contribution < 1.29 is 0 Å². The molecule has 60 valence electrons. The molecule has 0 bridgehead atoms. The van der Waals surface area contributed by atoms with Crippen LogP contribution >= 0.6 is 8.58 Å². The molecule has 0 heterocycles. The van der Waals surface area contributed by atoms with Crippen LogP contribution in [-0.4, -0.2) is 12.3 Å². The standard InChI is InChI=1S/C10H15P/c1-9(11-2)8-10-6-4-3-5-7-10/h3-7,9,11H,8H2,1-2H3/t9-/m0/s1. The maximum Gasteiger partial charge on any atom is -0.0216 e. The van der Waals surface area contributed by atoms with E-state index in [1.54, 1.807) is 0 Å². The van der Waals surface area contributed by atoms with Gasteiger partial charge in [-0.2, -0.15) is 0 Å². The van der Waals surface area contributed by atoms with Gasteiger partial charge in [-0.1, -0.05) is 37.3 Å². The van der Waals surface area contributed by atoms with Gasteiger partial charge < -0.3 is 0 Å². The van der Waals surface area contributed by atoms with E-state index >= 15 is 0 Å². The molecule has 0 aliphatic heterocycles. The summed E-state index contributed by atoms with van der Waals surface area (Å²) in [5.41, 5.74) is 2.31. The van der Waals surface area contributed by atoms with Gasteiger partial charge in [-0.25, -0.2) is 0 Å². The third-order valence-electron chi connectivity index (χ3n) is 1.88. The van der Waals surface area contributed by atoms with E-state index in [2.05, 4.69) is 43.9 Å². The van der Waals surface area contributed by atoms with Gasteiger partial charge in [-0.3, -0.25) is 0 Å². The maximum absolute atomic E-state index is 2.31. The summed E-state index contributed by atoms with van der Waals surface area (Å²) in [6.45, 7) is 4.58. The van der Waals surface area contributed by atoms with Crippen LogP contribution in [0, 0.1) is 0 Å². The molecule has 0 aliphatic carbocycles. The van der Waals surface area contributed by atoms with E-state index in [0.29, 0.717) is 0 Å². The van der Waals surface area contributed by atoms with E-state index in [0.717, 1.165) is 14.2 Å². The molecule has 2 atom stereocenters. The smallest absolute Gasteiger partial charge is 0.0216 e. The molecule has 11 heavy (non-hydrogen) atoms. The third-order valence-corrected chi connectivity index (χ3v) is 3.07. The molecule has 1 rings (SSSR count). The average Bonchev–Trinajstić information content (AvgIpc) is 2.06. The second-order valence-corrected chi connectivity index (χ2v) is 4.44. The lowest BCUT2D eigenvalue weighted by Crippen LogP contribution is -1.97. The summed E-state index contributed by atoms with van der Waals surface area (Å²) >= 11 is 0. The number of hydrogen-bond donors (Lipinski definition) is 0. The van der Waals surface area contributed by atoms with E-state index in [9.17, 15) is 0 Å². The second-order valence-electron chi connectivity index (χ2n) is 2.88. The van der Waals surface area contributed by atoms with E-state index in [-0.39, 0.29) is 0 Å². The first-order valence-electron chi connectivity index (χ1n) is 4.04. The van der Waals surface area contributed by atoms with Crippen molar-refractivity contribution >= 4 is 8.58 Å². The van der Waals surface area contributed by atoms with Crippen molar-refractivity contribution in [3.63, 3.8) is 0 Å². The van der Waals surface area contributed by atoms with Gasteiger partial charge >= 0.3 is 0 Å². The largest absolute Gasteiger partial charge is 0.122 e. The van der Waals surface area contributed by atoms with Crippen LogP contribution in [0.5, 0.6) is 0 Å². The summed E-state index contributed by atoms with van der Waals surface area (Å²) in [6.07, 6.45) is 1.23. The van der Waals surface area contributed by atoms with Crippen molar-refractivity contribution in [2.45, 2.75) is 19.0 Å². The van der Waals surface area contributed by atoms with Crippen molar-refractivity contribution in [1.82, 2.24) is 0 Å². The van der Waals surface area contributed by atoms with Crippen LogP contribution in [-0.2, 0) is 6.42 Å². The molecule has 0 fully saturated rings. The summed E-state index contributed by atoms with van der Waals surface area (Å²) < 4.78 is 0. The quantitative estimate of drug-likeness (QED) is 0.605. The first-order chi connectivity index (χ1) is 5.33. The molecule has 0 aliphatic rings. The molecule has 0 N–H and O–H groups in total. The van der Waals surface area contributed by atoms with Crippen LogP contribution in [0.2, 0.25) is 0 Å². The van der Waals surface area contributed by atoms with Gasteiger partial charge in [0.1, 0.15) is 0 Å². The molecule has 0 amide bonds. The van der Waals surface area contributed by atoms with Gasteiger partial charge in [0, 0.05) is 0 Å². The van der Waals surface area contributed by atoms with Gasteiger partial charge in [0.25, 0.3) is 0 Å². The molecule has 0 saturated carbocycles. The Morgan fingerprint density at radius 2 is 1.91 bits per heavy atom. The van der Waals surface area contributed by atoms with Crippen LogP contribution in [0.4, 0.5) is 0 Å². The second kappa shape index (κ2) is 4.51. The SMILES string of the molecule is CP[C@@H](C)Cc1ccccc1. The van der Waals surface area contributed by atoms with Crippen molar-refractivity contribution in [2.75, 3.05) is 6.66 Å². The lowest BCUT2D eigenvalue weighted by Gasteiger charge is -2.07. The molecular weight excluding hydrogens is 151 g/mol. The zero-order valence-electron chi connectivity index (χ0n) is 7.17. The first kappa shape index (κ1) is 8.74. The van der Waals surface area contributed by atoms with Crippen LogP contribution in [0.3, 0.4) is 0 Å². The van der Waals surface area contributed by atoms with Crippen molar-refractivity contribution in [1.29, 1.82) is 0 Å². The highest BCUT2D eigenvalue weighted by Crippen LogP contribution is 2.17. The lowest BCUT2D eigenvalue weighted by atomic mass is 10.1. The van der Waals surface area contributed by atoms with Crippen molar-refractivity contribution in [3.05, 3.63) is 35.9 Å². The molecule has 0 aromatic heterocycles. The highest BCUT2D eigenvalue weighted by molar-refractivity contribution is 7.37. The lowest BCUT2D eigenvalue weighted by molar-refractivity contribution is 0.938. The normalized spacial score (nSPS) is 14.0. The molecular formula is C10H15P. The molecule has 1 unspecified atom stereocenters. The predicted molar refractivity (Wildman–Crippen MR) is 53.8 cm³/mol. The summed E-state index contributed by atoms with van der Waals surface area (Å²) in [6, 6.07) is 10.7. The Balaban J connectivity index is 2.51. The zero-order chi connectivity index (χ0) is 8.10. The van der Waals surface area contributed by atoms with Gasteiger partial charge in [0.15, 0.2) is 0 Å². The Morgan fingerprint density at radius 1 is 1.27 bits per heavy atom. The Kier molecular flexibility index (Phi) is 3.59. The number of rotatable bonds is 3. The molecule has 0 nitrogen and oxygen atoms in total. The number of hydrogen-bond acceptors (Lipinski definition) is 0. The molecule has 0 saturated heterocycles. The first-order valence-corrected chi connectivity index (χ1v) is 5.62. The minimum absolute atomic E-state index is 0.845. The van der Waals surface area contributed by atoms with Gasteiger partial charge in [0.05, 0.1) is 0 Å². The third kappa shape index (κ3) is 3.03. The molecule has 1 heteroatoms.